The van der Waals surface area contributed by atoms with Gasteiger partial charge in [-0.25, -0.2) is 0 Å². The van der Waals surface area contributed by atoms with Crippen LogP contribution in [0, 0.1) is 0 Å². The monoisotopic (exact) mass is 286 g/mol. The minimum atomic E-state index is -2.67. The van der Waals surface area contributed by atoms with Crippen molar-refractivity contribution >= 4 is 17.8 Å². The summed E-state index contributed by atoms with van der Waals surface area (Å²) in [5, 5.41) is 1.84. The van der Waals surface area contributed by atoms with E-state index in [1.807, 2.05) is 67.6 Å². The normalized spacial score (nSPS) is 23.3. The Kier molecular flexibility index (Phi) is 3.54. The lowest BCUT2D eigenvalue weighted by Crippen LogP contribution is -2.28. The Balaban J connectivity index is 2.11. The molecule has 1 saturated heterocycles. The number of benzene rings is 2. The van der Waals surface area contributed by atoms with Gasteiger partial charge < -0.3 is 9.30 Å². The number of epoxide rings is 1. The van der Waals surface area contributed by atoms with Crippen molar-refractivity contribution in [3.8, 4) is 0 Å². The highest BCUT2D eigenvalue weighted by atomic mass is 31.2. The molecule has 1 aliphatic heterocycles. The SMILES string of the molecule is CC([C@@H]1O[C@H]1C)P(=O)(c1ccccc1)c1ccccc1. The molecule has 1 fully saturated rings. The molecule has 0 bridgehead atoms. The smallest absolute Gasteiger partial charge is 0.148 e. The topological polar surface area (TPSA) is 29.6 Å². The zero-order valence-corrected chi connectivity index (χ0v) is 12.7. The second-order valence-electron chi connectivity index (χ2n) is 5.38. The van der Waals surface area contributed by atoms with E-state index in [2.05, 4.69) is 6.92 Å². The van der Waals surface area contributed by atoms with Crippen molar-refractivity contribution < 1.29 is 9.30 Å². The zero-order chi connectivity index (χ0) is 14.2. The number of ether oxygens (including phenoxy) is 1. The molecule has 0 N–H and O–H groups in total. The molecule has 3 atom stereocenters. The van der Waals surface area contributed by atoms with Crippen molar-refractivity contribution in [2.75, 3.05) is 0 Å². The summed E-state index contributed by atoms with van der Waals surface area (Å²) in [7, 11) is -2.67. The molecule has 0 spiro atoms. The molecule has 2 aromatic carbocycles. The fraction of sp³-hybridized carbons (Fsp3) is 0.294. The molecule has 20 heavy (non-hydrogen) atoms. The molecule has 1 unspecified atom stereocenters. The van der Waals surface area contributed by atoms with Crippen LogP contribution in [0.1, 0.15) is 13.8 Å². The predicted molar refractivity (Wildman–Crippen MR) is 83.6 cm³/mol. The third kappa shape index (κ3) is 2.24. The van der Waals surface area contributed by atoms with Gasteiger partial charge in [0.1, 0.15) is 7.14 Å². The molecular weight excluding hydrogens is 267 g/mol. The van der Waals surface area contributed by atoms with Crippen LogP contribution in [0.5, 0.6) is 0 Å². The second kappa shape index (κ2) is 5.20. The van der Waals surface area contributed by atoms with Crippen molar-refractivity contribution in [1.29, 1.82) is 0 Å². The molecule has 1 aliphatic rings. The zero-order valence-electron chi connectivity index (χ0n) is 11.8. The quantitative estimate of drug-likeness (QED) is 0.638. The van der Waals surface area contributed by atoms with E-state index in [0.717, 1.165) is 10.6 Å². The van der Waals surface area contributed by atoms with E-state index in [1.54, 1.807) is 0 Å². The Labute approximate surface area is 120 Å². The van der Waals surface area contributed by atoms with Crippen molar-refractivity contribution in [3.05, 3.63) is 60.7 Å². The minimum Gasteiger partial charge on any atom is -0.369 e. The first-order valence-electron chi connectivity index (χ1n) is 7.00. The third-order valence-corrected chi connectivity index (χ3v) is 7.66. The number of rotatable bonds is 4. The van der Waals surface area contributed by atoms with Gasteiger partial charge in [0.15, 0.2) is 0 Å². The van der Waals surface area contributed by atoms with Crippen molar-refractivity contribution in [1.82, 2.24) is 0 Å². The highest BCUT2D eigenvalue weighted by molar-refractivity contribution is 7.79. The molecule has 104 valence electrons. The molecule has 0 amide bonds. The van der Waals surface area contributed by atoms with Gasteiger partial charge in [0.25, 0.3) is 0 Å². The van der Waals surface area contributed by atoms with Crippen LogP contribution in [0.2, 0.25) is 0 Å². The van der Waals surface area contributed by atoms with Crippen LogP contribution >= 0.6 is 7.14 Å². The summed E-state index contributed by atoms with van der Waals surface area (Å²) >= 11 is 0. The van der Waals surface area contributed by atoms with E-state index in [4.69, 9.17) is 4.74 Å². The molecule has 0 radical (unpaired) electrons. The summed E-state index contributed by atoms with van der Waals surface area (Å²) < 4.78 is 19.5. The first-order valence-corrected chi connectivity index (χ1v) is 8.78. The van der Waals surface area contributed by atoms with Gasteiger partial charge in [-0.05, 0) is 6.92 Å². The lowest BCUT2D eigenvalue weighted by molar-refractivity contribution is 0.375. The highest BCUT2D eigenvalue weighted by Gasteiger charge is 2.48. The lowest BCUT2D eigenvalue weighted by atomic mass is 10.3. The fourth-order valence-electron chi connectivity index (χ4n) is 2.83. The maximum atomic E-state index is 13.9. The number of hydrogen-bond acceptors (Lipinski definition) is 2. The average Bonchev–Trinajstić information content (AvgIpc) is 3.24. The lowest BCUT2D eigenvalue weighted by Gasteiger charge is -2.25. The Bertz CT molecular complexity index is 580. The van der Waals surface area contributed by atoms with Gasteiger partial charge in [0, 0.05) is 16.3 Å². The van der Waals surface area contributed by atoms with E-state index in [9.17, 15) is 4.57 Å². The fourth-order valence-corrected chi connectivity index (χ4v) is 6.03. The molecule has 1 heterocycles. The van der Waals surface area contributed by atoms with E-state index < -0.39 is 7.14 Å². The third-order valence-electron chi connectivity index (χ3n) is 4.09. The van der Waals surface area contributed by atoms with Gasteiger partial charge in [0.2, 0.25) is 0 Å². The maximum Gasteiger partial charge on any atom is 0.148 e. The summed E-state index contributed by atoms with van der Waals surface area (Å²) in [5.41, 5.74) is 0.00213. The van der Waals surface area contributed by atoms with Crippen molar-refractivity contribution in [2.45, 2.75) is 31.7 Å². The van der Waals surface area contributed by atoms with E-state index in [0.29, 0.717) is 0 Å². The van der Waals surface area contributed by atoms with Gasteiger partial charge in [-0.1, -0.05) is 67.6 Å². The highest BCUT2D eigenvalue weighted by Crippen LogP contribution is 2.53. The largest absolute Gasteiger partial charge is 0.369 e. The van der Waals surface area contributed by atoms with Gasteiger partial charge >= 0.3 is 0 Å². The van der Waals surface area contributed by atoms with Gasteiger partial charge in [-0.3, -0.25) is 0 Å². The van der Waals surface area contributed by atoms with Crippen LogP contribution < -0.4 is 10.6 Å². The second-order valence-corrected chi connectivity index (χ2v) is 8.54. The van der Waals surface area contributed by atoms with Gasteiger partial charge in [-0.15, -0.1) is 0 Å². The van der Waals surface area contributed by atoms with Crippen LogP contribution in [-0.4, -0.2) is 17.9 Å². The molecule has 0 aromatic heterocycles. The van der Waals surface area contributed by atoms with Crippen LogP contribution in [0.3, 0.4) is 0 Å². The summed E-state index contributed by atoms with van der Waals surface area (Å²) in [6.45, 7) is 4.09. The van der Waals surface area contributed by atoms with E-state index in [1.165, 1.54) is 0 Å². The Morgan fingerprint density at radius 1 is 0.950 bits per heavy atom. The Hall–Kier alpha value is -1.37. The molecule has 2 aromatic rings. The van der Waals surface area contributed by atoms with Crippen LogP contribution in [0.4, 0.5) is 0 Å². The first-order chi connectivity index (χ1) is 9.64. The Morgan fingerprint density at radius 2 is 1.35 bits per heavy atom. The maximum absolute atomic E-state index is 13.9. The molecule has 3 rings (SSSR count). The summed E-state index contributed by atoms with van der Waals surface area (Å²) in [6, 6.07) is 19.6. The van der Waals surface area contributed by atoms with Crippen LogP contribution in [0.15, 0.2) is 60.7 Å². The number of hydrogen-bond donors (Lipinski definition) is 0. The predicted octanol–water partition coefficient (Wildman–Crippen LogP) is 3.18. The van der Waals surface area contributed by atoms with Crippen molar-refractivity contribution in [3.63, 3.8) is 0 Å². The van der Waals surface area contributed by atoms with E-state index >= 15 is 0 Å². The van der Waals surface area contributed by atoms with Crippen molar-refractivity contribution in [2.24, 2.45) is 0 Å². The van der Waals surface area contributed by atoms with Gasteiger partial charge in [-0.2, -0.15) is 0 Å². The minimum absolute atomic E-state index is 0.00213. The molecular formula is C17H19O2P. The van der Waals surface area contributed by atoms with Crippen LogP contribution in [0.25, 0.3) is 0 Å². The first kappa shape index (κ1) is 13.6. The standard InChI is InChI=1S/C17H19O2P/c1-13-17(19-13)14(2)20(18,15-9-5-3-6-10-15)16-11-7-4-8-12-16/h3-14,17H,1-2H3/t13-,14?,17+/m0/s1. The summed E-state index contributed by atoms with van der Waals surface area (Å²) in [5.74, 6) is 0. The average molecular weight is 286 g/mol. The van der Waals surface area contributed by atoms with Gasteiger partial charge in [0.05, 0.1) is 12.2 Å². The molecule has 0 aliphatic carbocycles. The summed E-state index contributed by atoms with van der Waals surface area (Å²) in [6.07, 6.45) is 0.312. The van der Waals surface area contributed by atoms with Crippen LogP contribution in [-0.2, 0) is 9.30 Å². The van der Waals surface area contributed by atoms with E-state index in [-0.39, 0.29) is 17.9 Å². The molecule has 3 heteroatoms. The molecule has 2 nitrogen and oxygen atoms in total. The Morgan fingerprint density at radius 3 is 1.70 bits per heavy atom. The summed E-state index contributed by atoms with van der Waals surface area (Å²) in [4.78, 5) is 0. The molecule has 0 saturated carbocycles.